The second kappa shape index (κ2) is 10.6. The molecular weight excluding hydrogens is 484 g/mol. The zero-order chi connectivity index (χ0) is 26.8. The molecule has 0 saturated carbocycles. The molecule has 0 spiro atoms. The average molecular weight is 519 g/mol. The second-order valence-corrected chi connectivity index (χ2v) is 10.8. The zero-order valence-corrected chi connectivity index (χ0v) is 22.7. The number of nitrogens with zero attached hydrogens (tertiary/aromatic N) is 5. The molecule has 1 aliphatic heterocycles. The number of ether oxygens (including phenoxy) is 1. The number of aromatic nitrogens is 5. The van der Waals surface area contributed by atoms with E-state index >= 15 is 0 Å². The fraction of sp³-hybridized carbons (Fsp3) is 0.312. The summed E-state index contributed by atoms with van der Waals surface area (Å²) < 4.78 is 7.86. The molecule has 0 bridgehead atoms. The molecule has 0 radical (unpaired) electrons. The van der Waals surface area contributed by atoms with Crippen LogP contribution < -0.4 is 10.1 Å². The first-order chi connectivity index (χ1) is 19.0. The van der Waals surface area contributed by atoms with E-state index in [1.807, 2.05) is 34.8 Å². The smallest absolute Gasteiger partial charge is 0.178 e. The fourth-order valence-electron chi connectivity index (χ4n) is 5.44. The van der Waals surface area contributed by atoms with Gasteiger partial charge in [-0.3, -0.25) is 4.98 Å². The largest absolute Gasteiger partial charge is 0.487 e. The molecule has 3 aromatic heterocycles. The predicted octanol–water partition coefficient (Wildman–Crippen LogP) is 6.15. The third kappa shape index (κ3) is 4.90. The minimum Gasteiger partial charge on any atom is -0.487 e. The monoisotopic (exact) mass is 518 g/mol. The molecule has 1 saturated heterocycles. The summed E-state index contributed by atoms with van der Waals surface area (Å²) in [5, 5.41) is 17.2. The van der Waals surface area contributed by atoms with Crippen LogP contribution in [0.5, 0.6) is 5.75 Å². The first-order valence-electron chi connectivity index (χ1n) is 13.7. The van der Waals surface area contributed by atoms with Crippen LogP contribution in [0.25, 0.3) is 16.9 Å². The average Bonchev–Trinajstić information content (AvgIpc) is 3.66. The molecule has 1 N–H and O–H groups in total. The summed E-state index contributed by atoms with van der Waals surface area (Å²) in [6, 6.07) is 27.4. The van der Waals surface area contributed by atoms with Crippen LogP contribution in [0.1, 0.15) is 62.3 Å². The normalized spacial score (nSPS) is 17.0. The van der Waals surface area contributed by atoms with Gasteiger partial charge in [-0.15, -0.1) is 10.2 Å². The lowest BCUT2D eigenvalue weighted by molar-refractivity contribution is 0.301. The molecule has 0 amide bonds. The molecule has 39 heavy (non-hydrogen) atoms. The highest BCUT2D eigenvalue weighted by Crippen LogP contribution is 2.40. The van der Waals surface area contributed by atoms with Gasteiger partial charge in [-0.1, -0.05) is 63.2 Å². The Morgan fingerprint density at radius 3 is 2.38 bits per heavy atom. The summed E-state index contributed by atoms with van der Waals surface area (Å²) in [6.45, 7) is 8.34. The molecule has 1 fully saturated rings. The SMILES string of the molecule is CC(C)C(C)(c1ccc(OCc2ccccn2)cc1)c1ccc(-c2ccc3nnc([C@H]4CCCN4)n3n2)cc1. The van der Waals surface area contributed by atoms with Crippen molar-refractivity contribution in [1.82, 2.24) is 30.1 Å². The van der Waals surface area contributed by atoms with E-state index in [1.165, 1.54) is 11.1 Å². The van der Waals surface area contributed by atoms with E-state index in [-0.39, 0.29) is 11.5 Å². The van der Waals surface area contributed by atoms with Gasteiger partial charge in [-0.25, -0.2) is 0 Å². The van der Waals surface area contributed by atoms with Gasteiger partial charge in [0, 0.05) is 17.2 Å². The Hall–Kier alpha value is -4.10. The van der Waals surface area contributed by atoms with Crippen LogP contribution in [-0.2, 0) is 12.0 Å². The molecule has 2 atom stereocenters. The number of hydrogen-bond acceptors (Lipinski definition) is 6. The molecule has 7 nitrogen and oxygen atoms in total. The summed E-state index contributed by atoms with van der Waals surface area (Å²) in [6.07, 6.45) is 4.00. The molecule has 2 aromatic carbocycles. The van der Waals surface area contributed by atoms with Crippen molar-refractivity contribution in [2.45, 2.75) is 51.7 Å². The Morgan fingerprint density at radius 2 is 1.72 bits per heavy atom. The Balaban J connectivity index is 1.24. The molecule has 1 unspecified atom stereocenters. The van der Waals surface area contributed by atoms with Gasteiger partial charge >= 0.3 is 0 Å². The Bertz CT molecular complexity index is 1540. The first kappa shape index (κ1) is 25.2. The van der Waals surface area contributed by atoms with E-state index in [0.29, 0.717) is 12.5 Å². The van der Waals surface area contributed by atoms with Gasteiger partial charge < -0.3 is 10.1 Å². The topological polar surface area (TPSA) is 77.2 Å². The van der Waals surface area contributed by atoms with Crippen molar-refractivity contribution in [2.75, 3.05) is 6.54 Å². The van der Waals surface area contributed by atoms with Crippen molar-refractivity contribution in [3.05, 3.63) is 108 Å². The van der Waals surface area contributed by atoms with E-state index in [0.717, 1.165) is 53.6 Å². The predicted molar refractivity (Wildman–Crippen MR) is 152 cm³/mol. The zero-order valence-electron chi connectivity index (χ0n) is 22.7. The minimum atomic E-state index is -0.162. The number of fused-ring (bicyclic) bond motifs is 1. The summed E-state index contributed by atoms with van der Waals surface area (Å²) in [7, 11) is 0. The Morgan fingerprint density at radius 1 is 0.949 bits per heavy atom. The minimum absolute atomic E-state index is 0.162. The van der Waals surface area contributed by atoms with Gasteiger partial charge in [-0.05, 0) is 72.8 Å². The number of benzene rings is 2. The van der Waals surface area contributed by atoms with E-state index in [2.05, 4.69) is 89.8 Å². The molecular formula is C32H34N6O. The quantitative estimate of drug-likeness (QED) is 0.265. The van der Waals surface area contributed by atoms with E-state index in [9.17, 15) is 0 Å². The van der Waals surface area contributed by atoms with Crippen LogP contribution in [0.15, 0.2) is 85.1 Å². The van der Waals surface area contributed by atoms with Crippen molar-refractivity contribution < 1.29 is 4.74 Å². The Labute approximate surface area is 229 Å². The van der Waals surface area contributed by atoms with Crippen LogP contribution in [0.4, 0.5) is 0 Å². The third-order valence-corrected chi connectivity index (χ3v) is 8.16. The number of rotatable bonds is 8. The van der Waals surface area contributed by atoms with Gasteiger partial charge in [-0.2, -0.15) is 9.61 Å². The van der Waals surface area contributed by atoms with Gasteiger partial charge in [0.2, 0.25) is 0 Å². The molecule has 4 heterocycles. The highest BCUT2D eigenvalue weighted by Gasteiger charge is 2.32. The van der Waals surface area contributed by atoms with Crippen molar-refractivity contribution in [1.29, 1.82) is 0 Å². The van der Waals surface area contributed by atoms with Gasteiger partial charge in [0.1, 0.15) is 12.4 Å². The Kier molecular flexibility index (Phi) is 6.83. The van der Waals surface area contributed by atoms with E-state index in [1.54, 1.807) is 6.20 Å². The molecule has 7 heteroatoms. The van der Waals surface area contributed by atoms with Crippen LogP contribution in [0, 0.1) is 5.92 Å². The summed E-state index contributed by atoms with van der Waals surface area (Å²) in [5.74, 6) is 2.12. The molecule has 198 valence electrons. The van der Waals surface area contributed by atoms with Crippen molar-refractivity contribution in [2.24, 2.45) is 5.92 Å². The van der Waals surface area contributed by atoms with Crippen LogP contribution >= 0.6 is 0 Å². The number of nitrogens with one attached hydrogen (secondary N) is 1. The summed E-state index contributed by atoms with van der Waals surface area (Å²) >= 11 is 0. The molecule has 6 rings (SSSR count). The fourth-order valence-corrected chi connectivity index (χ4v) is 5.44. The lowest BCUT2D eigenvalue weighted by Gasteiger charge is -2.35. The second-order valence-electron chi connectivity index (χ2n) is 10.8. The van der Waals surface area contributed by atoms with Crippen molar-refractivity contribution in [3.8, 4) is 17.0 Å². The van der Waals surface area contributed by atoms with Gasteiger partial charge in [0.05, 0.1) is 17.4 Å². The van der Waals surface area contributed by atoms with E-state index in [4.69, 9.17) is 9.84 Å². The van der Waals surface area contributed by atoms with Gasteiger partial charge in [0.15, 0.2) is 11.5 Å². The molecule has 1 aliphatic rings. The highest BCUT2D eigenvalue weighted by molar-refractivity contribution is 5.61. The summed E-state index contributed by atoms with van der Waals surface area (Å²) in [5.41, 5.74) is 6.04. The molecule has 5 aromatic rings. The lowest BCUT2D eigenvalue weighted by atomic mass is 9.68. The molecule has 0 aliphatic carbocycles. The maximum atomic E-state index is 5.97. The number of pyridine rings is 1. The summed E-state index contributed by atoms with van der Waals surface area (Å²) in [4.78, 5) is 4.34. The van der Waals surface area contributed by atoms with Crippen LogP contribution in [-0.4, -0.2) is 31.3 Å². The first-order valence-corrected chi connectivity index (χ1v) is 13.7. The van der Waals surface area contributed by atoms with Gasteiger partial charge in [0.25, 0.3) is 0 Å². The van der Waals surface area contributed by atoms with Crippen molar-refractivity contribution >= 4 is 5.65 Å². The van der Waals surface area contributed by atoms with Crippen LogP contribution in [0.2, 0.25) is 0 Å². The third-order valence-electron chi connectivity index (χ3n) is 8.16. The lowest BCUT2D eigenvalue weighted by Crippen LogP contribution is -2.30. The van der Waals surface area contributed by atoms with E-state index < -0.39 is 0 Å². The highest BCUT2D eigenvalue weighted by atomic mass is 16.5. The standard InChI is InChI=1S/C32H34N6O/c1-22(2)32(3,25-13-15-27(16-14-25)39-21-26-7-4-5-19-33-26)24-11-9-23(10-12-24)28-17-18-30-35-36-31(38(30)37-28)29-8-6-20-34-29/h4-5,7,9-19,22,29,34H,6,8,20-21H2,1-3H3/t29-,32?/m1/s1. The number of hydrogen-bond donors (Lipinski definition) is 1. The van der Waals surface area contributed by atoms with Crippen LogP contribution in [0.3, 0.4) is 0 Å². The maximum Gasteiger partial charge on any atom is 0.178 e. The maximum absolute atomic E-state index is 5.97. The van der Waals surface area contributed by atoms with Crippen molar-refractivity contribution in [3.63, 3.8) is 0 Å².